The Hall–Kier alpha value is -4.12. The molecule has 2 aromatic carbocycles. The Labute approximate surface area is 325 Å². The van der Waals surface area contributed by atoms with E-state index in [1.54, 1.807) is 13.0 Å². The van der Waals surface area contributed by atoms with Crippen LogP contribution in [0.25, 0.3) is 11.1 Å². The molecule has 0 aliphatic heterocycles. The van der Waals surface area contributed by atoms with E-state index in [0.717, 1.165) is 33.4 Å². The second-order valence-electron chi connectivity index (χ2n) is 12.8. The fraction of sp³-hybridized carbons (Fsp3) is 0.368. The van der Waals surface area contributed by atoms with Gasteiger partial charge in [-0.05, 0) is 105 Å². The summed E-state index contributed by atoms with van der Waals surface area (Å²) in [5, 5.41) is 34.5. The Morgan fingerprint density at radius 3 is 1.58 bits per heavy atom. The van der Waals surface area contributed by atoms with Gasteiger partial charge in [0.15, 0.2) is 0 Å². The van der Waals surface area contributed by atoms with Crippen LogP contribution in [0.1, 0.15) is 47.2 Å². The minimum Gasteiger partial charge on any atom is -0.481 e. The first-order valence-corrected chi connectivity index (χ1v) is 18.1. The Morgan fingerprint density at radius 2 is 1.21 bits per heavy atom. The summed E-state index contributed by atoms with van der Waals surface area (Å²) in [6.07, 6.45) is 0.666. The summed E-state index contributed by atoms with van der Waals surface area (Å²) < 4.78 is 24.5. The number of rotatable bonds is 19. The lowest BCUT2D eigenvalue weighted by atomic mass is 9.92. The minimum absolute atomic E-state index is 0.0874. The maximum absolute atomic E-state index is 11.6. The van der Waals surface area contributed by atoms with Crippen molar-refractivity contribution in [3.05, 3.63) is 90.9 Å². The second kappa shape index (κ2) is 18.3. The lowest BCUT2D eigenvalue weighted by Gasteiger charge is -2.24. The third-order valence-electron chi connectivity index (χ3n) is 8.99. The zero-order chi connectivity index (χ0) is 38.9. The number of aliphatic hydroxyl groups excluding tert-OH is 2. The summed E-state index contributed by atoms with van der Waals surface area (Å²) in [4.78, 5) is 32.1. The van der Waals surface area contributed by atoms with Gasteiger partial charge in [0.05, 0.1) is 41.9 Å². The number of carboxylic acids is 1. The molecule has 0 aliphatic carbocycles. The number of aliphatic carboxylic acids is 1. The smallest absolute Gasteiger partial charge is 0.326 e. The van der Waals surface area contributed by atoms with Gasteiger partial charge in [0, 0.05) is 24.2 Å². The third kappa shape index (κ3) is 9.90. The number of pyridine rings is 2. The van der Waals surface area contributed by atoms with Crippen LogP contribution in [0, 0.1) is 13.8 Å². The van der Waals surface area contributed by atoms with E-state index in [2.05, 4.69) is 64.6 Å². The van der Waals surface area contributed by atoms with E-state index in [4.69, 9.17) is 18.9 Å². The molecule has 13 nitrogen and oxygen atoms in total. The highest BCUT2D eigenvalue weighted by Crippen LogP contribution is 2.35. The quantitative estimate of drug-likeness (QED) is 0.0755. The van der Waals surface area contributed by atoms with E-state index in [-0.39, 0.29) is 38.8 Å². The van der Waals surface area contributed by atoms with Gasteiger partial charge >= 0.3 is 5.97 Å². The molecule has 2 atom stereocenters. The van der Waals surface area contributed by atoms with Gasteiger partial charge in [-0.1, -0.05) is 36.4 Å². The van der Waals surface area contributed by atoms with Crippen molar-refractivity contribution in [1.82, 2.24) is 20.6 Å². The van der Waals surface area contributed by atoms with E-state index in [1.807, 2.05) is 44.2 Å². The standard InChI is InChI=1S/C38H44Br2N4O9/c1-22-24(17-52-34-30(39)13-26(32(43-34)50-5)15-41-37(3,19-45)20-46)9-7-11-28(22)29-12-8-10-25(23(29)2)18-53-35-31(40)14-27(33(44-35)51-6)16-42-38(4,21-47)36(48)49/h7-14,19,41-42,46-47H,15-18,20-21H2,1-6H3,(H,48,49). The van der Waals surface area contributed by atoms with Crippen LogP contribution < -0.4 is 29.6 Å². The van der Waals surface area contributed by atoms with Gasteiger partial charge < -0.3 is 39.1 Å². The number of hydrogen-bond acceptors (Lipinski definition) is 12. The number of aromatic nitrogens is 2. The van der Waals surface area contributed by atoms with E-state index < -0.39 is 23.7 Å². The first kappa shape index (κ1) is 41.6. The number of halogens is 2. The molecule has 0 spiro atoms. The molecule has 4 aromatic rings. The fourth-order valence-corrected chi connectivity index (χ4v) is 6.23. The summed E-state index contributed by atoms with van der Waals surface area (Å²) in [6.45, 7) is 6.93. The van der Waals surface area contributed by atoms with Crippen molar-refractivity contribution in [1.29, 1.82) is 0 Å². The predicted octanol–water partition coefficient (Wildman–Crippen LogP) is 5.43. The van der Waals surface area contributed by atoms with Gasteiger partial charge in [0.2, 0.25) is 23.5 Å². The van der Waals surface area contributed by atoms with Crippen LogP contribution in [-0.4, -0.2) is 76.1 Å². The Balaban J connectivity index is 1.50. The molecule has 15 heteroatoms. The summed E-state index contributed by atoms with van der Waals surface area (Å²) in [7, 11) is 2.97. The number of nitrogens with zero attached hydrogens (tertiary/aromatic N) is 2. The molecule has 0 saturated carbocycles. The first-order valence-electron chi connectivity index (χ1n) is 16.5. The van der Waals surface area contributed by atoms with Crippen LogP contribution >= 0.6 is 31.9 Å². The van der Waals surface area contributed by atoms with Gasteiger partial charge in [-0.15, -0.1) is 0 Å². The number of aliphatic hydroxyl groups is 2. The van der Waals surface area contributed by atoms with Crippen LogP contribution in [0.3, 0.4) is 0 Å². The van der Waals surface area contributed by atoms with Gasteiger partial charge in [-0.3, -0.25) is 15.4 Å². The first-order chi connectivity index (χ1) is 25.2. The largest absolute Gasteiger partial charge is 0.481 e. The van der Waals surface area contributed by atoms with Crippen molar-refractivity contribution in [2.24, 2.45) is 0 Å². The van der Waals surface area contributed by atoms with Gasteiger partial charge in [0.25, 0.3) is 0 Å². The molecule has 0 amide bonds. The van der Waals surface area contributed by atoms with Crippen LogP contribution in [0.5, 0.6) is 23.5 Å². The molecule has 53 heavy (non-hydrogen) atoms. The lowest BCUT2D eigenvalue weighted by Crippen LogP contribution is -2.52. The Morgan fingerprint density at radius 1 is 0.755 bits per heavy atom. The average molecular weight is 861 g/mol. The number of carbonyl (C=O) groups is 2. The monoisotopic (exact) mass is 858 g/mol. The highest BCUT2D eigenvalue weighted by atomic mass is 79.9. The van der Waals surface area contributed by atoms with Crippen molar-refractivity contribution in [2.45, 2.75) is 65.1 Å². The Kier molecular flexibility index (Phi) is 14.4. The summed E-state index contributed by atoms with van der Waals surface area (Å²) in [5.74, 6) is 0.0600. The zero-order valence-electron chi connectivity index (χ0n) is 30.4. The summed E-state index contributed by atoms with van der Waals surface area (Å²) in [6, 6.07) is 15.6. The molecular weight excluding hydrogens is 816 g/mol. The molecule has 284 valence electrons. The molecule has 5 N–H and O–H groups in total. The molecule has 0 radical (unpaired) electrons. The number of hydrogen-bond donors (Lipinski definition) is 5. The summed E-state index contributed by atoms with van der Waals surface area (Å²) in [5.41, 5.74) is 4.68. The molecular formula is C38H44Br2N4O9. The van der Waals surface area contributed by atoms with Crippen LogP contribution in [0.4, 0.5) is 0 Å². The second-order valence-corrected chi connectivity index (χ2v) is 14.5. The van der Waals surface area contributed by atoms with Crippen molar-refractivity contribution in [3.8, 4) is 34.6 Å². The molecule has 0 bridgehead atoms. The third-order valence-corrected chi connectivity index (χ3v) is 10.1. The number of carboxylic acid groups (broad SMARTS) is 1. The highest BCUT2D eigenvalue weighted by molar-refractivity contribution is 9.10. The molecule has 2 heterocycles. The number of benzene rings is 2. The highest BCUT2D eigenvalue weighted by Gasteiger charge is 2.32. The number of carbonyl (C=O) groups excluding carboxylic acids is 1. The Bertz CT molecular complexity index is 1950. The van der Waals surface area contributed by atoms with E-state index in [0.29, 0.717) is 44.0 Å². The maximum atomic E-state index is 11.6. The summed E-state index contributed by atoms with van der Waals surface area (Å²) >= 11 is 7.07. The maximum Gasteiger partial charge on any atom is 0.326 e. The van der Waals surface area contributed by atoms with Crippen LogP contribution in [-0.2, 0) is 35.9 Å². The molecule has 2 unspecified atom stereocenters. The molecule has 4 rings (SSSR count). The number of aldehydes is 1. The minimum atomic E-state index is -1.53. The fourth-order valence-electron chi connectivity index (χ4n) is 5.27. The van der Waals surface area contributed by atoms with Crippen molar-refractivity contribution in [3.63, 3.8) is 0 Å². The van der Waals surface area contributed by atoms with E-state index in [9.17, 15) is 24.9 Å². The van der Waals surface area contributed by atoms with E-state index in [1.165, 1.54) is 21.1 Å². The van der Waals surface area contributed by atoms with Crippen molar-refractivity contribution < 1.29 is 43.9 Å². The normalized spacial score (nSPS) is 13.5. The molecule has 0 saturated heterocycles. The molecule has 2 aromatic heterocycles. The van der Waals surface area contributed by atoms with Crippen LogP contribution in [0.15, 0.2) is 57.5 Å². The molecule has 0 aliphatic rings. The number of ether oxygens (including phenoxy) is 4. The zero-order valence-corrected chi connectivity index (χ0v) is 33.6. The topological polar surface area (TPSA) is 182 Å². The van der Waals surface area contributed by atoms with Gasteiger partial charge in [-0.2, -0.15) is 9.97 Å². The SMILES string of the molecule is COc1nc(OCc2cccc(-c3cccc(COc4nc(OC)c(CNC(C)(CO)C(=O)O)cc4Br)c3C)c2C)c(Br)cc1CNC(C)(C=O)CO. The van der Waals surface area contributed by atoms with Gasteiger partial charge in [0.1, 0.15) is 25.0 Å². The van der Waals surface area contributed by atoms with Gasteiger partial charge in [-0.25, -0.2) is 0 Å². The lowest BCUT2D eigenvalue weighted by molar-refractivity contribution is -0.145. The predicted molar refractivity (Wildman–Crippen MR) is 205 cm³/mol. The van der Waals surface area contributed by atoms with Crippen molar-refractivity contribution >= 4 is 44.1 Å². The average Bonchev–Trinajstić information content (AvgIpc) is 3.16. The molecule has 0 fully saturated rings. The van der Waals surface area contributed by atoms with E-state index >= 15 is 0 Å². The number of methoxy groups -OCH3 is 2. The van der Waals surface area contributed by atoms with Crippen molar-refractivity contribution in [2.75, 3.05) is 27.4 Å². The van der Waals surface area contributed by atoms with Crippen LogP contribution in [0.2, 0.25) is 0 Å². The number of nitrogens with one attached hydrogen (secondary N) is 2.